The van der Waals surface area contributed by atoms with Gasteiger partial charge < -0.3 is 20.3 Å². The number of nitrogens with one attached hydrogen (secondary N) is 3. The predicted molar refractivity (Wildman–Crippen MR) is 137 cm³/mol. The third-order valence-electron chi connectivity index (χ3n) is 7.11. The summed E-state index contributed by atoms with van der Waals surface area (Å²) in [4.78, 5) is 15.3. The Hall–Kier alpha value is -2.62. The van der Waals surface area contributed by atoms with Crippen molar-refractivity contribution >= 4 is 27.3 Å². The molecule has 5 rings (SSSR count). The summed E-state index contributed by atoms with van der Waals surface area (Å²) in [7, 11) is -3.82. The smallest absolute Gasteiger partial charge is 0.261 e. The summed E-state index contributed by atoms with van der Waals surface area (Å²) in [6.45, 7) is 4.35. The molecule has 2 heterocycles. The lowest BCUT2D eigenvalue weighted by Gasteiger charge is -2.31. The predicted octanol–water partition coefficient (Wildman–Crippen LogP) is 2.68. The second-order valence-electron chi connectivity index (χ2n) is 9.56. The first-order valence-electron chi connectivity index (χ1n) is 12.6. The van der Waals surface area contributed by atoms with E-state index in [1.54, 1.807) is 24.3 Å². The Labute approximate surface area is 207 Å². The highest BCUT2D eigenvalue weighted by Crippen LogP contribution is 2.31. The van der Waals surface area contributed by atoms with Gasteiger partial charge in [-0.3, -0.25) is 9.52 Å². The first-order chi connectivity index (χ1) is 17.0. The Morgan fingerprint density at radius 1 is 1.03 bits per heavy atom. The molecule has 0 aromatic heterocycles. The molecule has 2 aromatic rings. The molecule has 2 aliphatic heterocycles. The zero-order valence-corrected chi connectivity index (χ0v) is 20.8. The van der Waals surface area contributed by atoms with E-state index in [2.05, 4.69) is 20.3 Å². The molecular weight excluding hydrogens is 464 g/mol. The van der Waals surface area contributed by atoms with E-state index in [1.165, 1.54) is 5.56 Å². The van der Waals surface area contributed by atoms with Crippen molar-refractivity contribution in [2.24, 2.45) is 0 Å². The van der Waals surface area contributed by atoms with Crippen LogP contribution in [-0.2, 0) is 27.6 Å². The summed E-state index contributed by atoms with van der Waals surface area (Å²) in [5, 5.41) is 6.25. The van der Waals surface area contributed by atoms with Crippen molar-refractivity contribution < 1.29 is 17.9 Å². The lowest BCUT2D eigenvalue weighted by atomic mass is 9.92. The van der Waals surface area contributed by atoms with Gasteiger partial charge in [0, 0.05) is 44.9 Å². The number of aryl methyl sites for hydroxylation is 2. The maximum Gasteiger partial charge on any atom is 0.261 e. The van der Waals surface area contributed by atoms with Gasteiger partial charge in [0.15, 0.2) is 0 Å². The van der Waals surface area contributed by atoms with Gasteiger partial charge >= 0.3 is 0 Å². The van der Waals surface area contributed by atoms with Crippen LogP contribution in [0.5, 0.6) is 0 Å². The van der Waals surface area contributed by atoms with E-state index in [0.29, 0.717) is 17.8 Å². The van der Waals surface area contributed by atoms with Crippen molar-refractivity contribution in [2.45, 2.75) is 49.5 Å². The van der Waals surface area contributed by atoms with Crippen molar-refractivity contribution in [3.8, 4) is 0 Å². The van der Waals surface area contributed by atoms with Gasteiger partial charge in [0.25, 0.3) is 15.9 Å². The number of amides is 1. The van der Waals surface area contributed by atoms with E-state index < -0.39 is 10.0 Å². The highest BCUT2D eigenvalue weighted by atomic mass is 32.2. The summed E-state index contributed by atoms with van der Waals surface area (Å²) in [6.07, 6.45) is 6.13. The number of piperazine rings is 1. The number of nitrogens with zero attached hydrogens (tertiary/aromatic N) is 1. The topological polar surface area (TPSA) is 99.8 Å². The number of sulfonamides is 1. The Bertz CT molecular complexity index is 1170. The van der Waals surface area contributed by atoms with Gasteiger partial charge in [0.2, 0.25) is 0 Å². The maximum atomic E-state index is 13.4. The summed E-state index contributed by atoms with van der Waals surface area (Å²) >= 11 is 0. The minimum absolute atomic E-state index is 0.0426. The number of benzene rings is 2. The molecule has 1 amide bonds. The fourth-order valence-corrected chi connectivity index (χ4v) is 6.25. The number of hydrogen-bond donors (Lipinski definition) is 3. The molecule has 0 spiro atoms. The van der Waals surface area contributed by atoms with Crippen LogP contribution in [0.4, 0.5) is 11.4 Å². The average Bonchev–Trinajstić information content (AvgIpc) is 3.41. The molecule has 9 heteroatoms. The van der Waals surface area contributed by atoms with Gasteiger partial charge in [0.1, 0.15) is 0 Å². The number of fused-ring (bicyclic) bond motifs is 1. The van der Waals surface area contributed by atoms with Gasteiger partial charge in [-0.25, -0.2) is 8.42 Å². The molecule has 0 bridgehead atoms. The minimum Gasteiger partial charge on any atom is -0.376 e. The van der Waals surface area contributed by atoms with Crippen molar-refractivity contribution in [3.05, 3.63) is 53.1 Å². The summed E-state index contributed by atoms with van der Waals surface area (Å²) in [5.74, 6) is -0.235. The third-order valence-corrected chi connectivity index (χ3v) is 8.47. The van der Waals surface area contributed by atoms with Crippen LogP contribution in [0.15, 0.2) is 41.3 Å². The monoisotopic (exact) mass is 498 g/mol. The maximum absolute atomic E-state index is 13.4. The molecule has 0 saturated carbocycles. The Kier molecular flexibility index (Phi) is 7.27. The van der Waals surface area contributed by atoms with Crippen molar-refractivity contribution in [1.29, 1.82) is 0 Å². The van der Waals surface area contributed by atoms with E-state index >= 15 is 0 Å². The van der Waals surface area contributed by atoms with Crippen LogP contribution in [0.1, 0.15) is 47.2 Å². The lowest BCUT2D eigenvalue weighted by Crippen LogP contribution is -2.43. The largest absolute Gasteiger partial charge is 0.376 e. The molecule has 1 unspecified atom stereocenters. The van der Waals surface area contributed by atoms with E-state index in [-0.39, 0.29) is 16.9 Å². The van der Waals surface area contributed by atoms with E-state index in [9.17, 15) is 13.2 Å². The SMILES string of the molecule is O=C(NCC1CCCO1)c1ccc(N2CCNCC2)c(NS(=O)(=O)c2ccc3c(c2)CCCC3)c1. The fraction of sp³-hybridized carbons (Fsp3) is 0.500. The molecule has 0 radical (unpaired) electrons. The first kappa shape index (κ1) is 24.1. The van der Waals surface area contributed by atoms with Crippen LogP contribution in [0.25, 0.3) is 0 Å². The number of anilines is 2. The van der Waals surface area contributed by atoms with Gasteiger partial charge in [-0.05, 0) is 80.0 Å². The first-order valence-corrected chi connectivity index (χ1v) is 14.1. The molecule has 35 heavy (non-hydrogen) atoms. The summed E-state index contributed by atoms with van der Waals surface area (Å²) in [5.41, 5.74) is 3.98. The van der Waals surface area contributed by atoms with Gasteiger partial charge in [-0.15, -0.1) is 0 Å². The van der Waals surface area contributed by atoms with E-state index in [1.807, 2.05) is 12.1 Å². The normalized spacial score (nSPS) is 20.3. The number of hydrogen-bond acceptors (Lipinski definition) is 6. The third kappa shape index (κ3) is 5.63. The van der Waals surface area contributed by atoms with Crippen LogP contribution < -0.4 is 20.3 Å². The number of rotatable bonds is 7. The summed E-state index contributed by atoms with van der Waals surface area (Å²) < 4.78 is 35.3. The van der Waals surface area contributed by atoms with Gasteiger partial charge in [0.05, 0.1) is 22.4 Å². The number of carbonyl (C=O) groups excluding carboxylic acids is 1. The molecule has 1 atom stereocenters. The van der Waals surface area contributed by atoms with Crippen LogP contribution >= 0.6 is 0 Å². The highest BCUT2D eigenvalue weighted by molar-refractivity contribution is 7.92. The molecule has 2 saturated heterocycles. The molecule has 2 aromatic carbocycles. The molecule has 2 fully saturated rings. The van der Waals surface area contributed by atoms with Gasteiger partial charge in [-0.2, -0.15) is 0 Å². The molecule has 3 N–H and O–H groups in total. The second-order valence-corrected chi connectivity index (χ2v) is 11.2. The van der Waals surface area contributed by atoms with Crippen molar-refractivity contribution in [1.82, 2.24) is 10.6 Å². The Balaban J connectivity index is 1.41. The number of carbonyl (C=O) groups is 1. The molecule has 3 aliphatic rings. The van der Waals surface area contributed by atoms with E-state index in [4.69, 9.17) is 4.74 Å². The standard InChI is InChI=1S/C26H34N4O4S/c31-26(28-18-22-6-3-15-34-22)21-8-10-25(30-13-11-27-12-14-30)24(17-21)29-35(32,33)23-9-7-19-4-1-2-5-20(19)16-23/h7-10,16-17,22,27,29H,1-6,11-15,18H2,(H,28,31). The Morgan fingerprint density at radius 3 is 2.60 bits per heavy atom. The van der Waals surface area contributed by atoms with Gasteiger partial charge in [-0.1, -0.05) is 6.07 Å². The minimum atomic E-state index is -3.82. The Morgan fingerprint density at radius 2 is 1.83 bits per heavy atom. The van der Waals surface area contributed by atoms with Crippen LogP contribution in [-0.4, -0.2) is 59.8 Å². The second kappa shape index (κ2) is 10.6. The quantitative estimate of drug-likeness (QED) is 0.543. The highest BCUT2D eigenvalue weighted by Gasteiger charge is 2.23. The summed E-state index contributed by atoms with van der Waals surface area (Å²) in [6, 6.07) is 10.7. The zero-order chi connectivity index (χ0) is 24.3. The van der Waals surface area contributed by atoms with Crippen LogP contribution in [0, 0.1) is 0 Å². The average molecular weight is 499 g/mol. The fourth-order valence-electron chi connectivity index (χ4n) is 5.14. The zero-order valence-electron chi connectivity index (χ0n) is 20.0. The van der Waals surface area contributed by atoms with Crippen molar-refractivity contribution in [3.63, 3.8) is 0 Å². The molecular formula is C26H34N4O4S. The van der Waals surface area contributed by atoms with Crippen LogP contribution in [0.3, 0.4) is 0 Å². The lowest BCUT2D eigenvalue weighted by molar-refractivity contribution is 0.0858. The molecule has 1 aliphatic carbocycles. The van der Waals surface area contributed by atoms with Crippen LogP contribution in [0.2, 0.25) is 0 Å². The molecule has 8 nitrogen and oxygen atoms in total. The molecule has 188 valence electrons. The van der Waals surface area contributed by atoms with Crippen molar-refractivity contribution in [2.75, 3.05) is 49.0 Å². The number of ether oxygens (including phenoxy) is 1. The van der Waals surface area contributed by atoms with E-state index in [0.717, 1.165) is 82.6 Å².